The number of amides is 1. The molecule has 0 bridgehead atoms. The molecule has 0 saturated heterocycles. The van der Waals surface area contributed by atoms with Crippen LogP contribution in [0, 0.1) is 20.8 Å². The topological polar surface area (TPSA) is 45.3 Å². The third-order valence-electron chi connectivity index (χ3n) is 6.19. The van der Waals surface area contributed by atoms with Crippen molar-refractivity contribution in [3.05, 3.63) is 101 Å². The summed E-state index contributed by atoms with van der Waals surface area (Å²) < 4.78 is 5.97. The number of ether oxygens (including phenoxy) is 1. The summed E-state index contributed by atoms with van der Waals surface area (Å²) in [6.45, 7) is 8.74. The molecule has 1 amide bonds. The Morgan fingerprint density at radius 1 is 0.969 bits per heavy atom. The van der Waals surface area contributed by atoms with E-state index < -0.39 is 0 Å². The Kier molecular flexibility index (Phi) is 6.31. The number of fused-ring (bicyclic) bond motifs is 1. The molecule has 4 aromatic rings. The van der Waals surface area contributed by atoms with Crippen molar-refractivity contribution in [1.82, 2.24) is 9.88 Å². The minimum absolute atomic E-state index is 0.00283. The second-order valence-corrected chi connectivity index (χ2v) is 8.27. The van der Waals surface area contributed by atoms with E-state index in [1.807, 2.05) is 62.2 Å². The molecule has 4 heteroatoms. The van der Waals surface area contributed by atoms with Crippen LogP contribution in [0.4, 0.5) is 0 Å². The maximum atomic E-state index is 13.4. The predicted octanol–water partition coefficient (Wildman–Crippen LogP) is 6.11. The smallest absolute Gasteiger partial charge is 0.261 e. The van der Waals surface area contributed by atoms with Crippen LogP contribution in [0.5, 0.6) is 5.75 Å². The Bertz CT molecular complexity index is 1220. The molecule has 32 heavy (non-hydrogen) atoms. The van der Waals surface area contributed by atoms with Crippen molar-refractivity contribution in [3.8, 4) is 5.75 Å². The monoisotopic (exact) mass is 426 g/mol. The zero-order valence-corrected chi connectivity index (χ0v) is 19.2. The number of hydrogen-bond acceptors (Lipinski definition) is 2. The third kappa shape index (κ3) is 4.26. The summed E-state index contributed by atoms with van der Waals surface area (Å²) in [6.07, 6.45) is 2.02. The maximum absolute atomic E-state index is 13.4. The van der Waals surface area contributed by atoms with Crippen molar-refractivity contribution in [2.75, 3.05) is 13.2 Å². The van der Waals surface area contributed by atoms with E-state index in [-0.39, 0.29) is 18.6 Å². The van der Waals surface area contributed by atoms with Gasteiger partial charge < -0.3 is 14.6 Å². The number of aryl methyl sites for hydroxylation is 2. The number of aromatic nitrogens is 1. The van der Waals surface area contributed by atoms with Gasteiger partial charge in [-0.1, -0.05) is 60.2 Å². The first-order valence-electron chi connectivity index (χ1n) is 11.1. The molecule has 0 aliphatic heterocycles. The van der Waals surface area contributed by atoms with Gasteiger partial charge in [-0.2, -0.15) is 0 Å². The lowest BCUT2D eigenvalue weighted by Crippen LogP contribution is -2.38. The molecule has 0 radical (unpaired) electrons. The van der Waals surface area contributed by atoms with Crippen LogP contribution in [0.3, 0.4) is 0 Å². The molecule has 1 N–H and O–H groups in total. The number of carbonyl (C=O) groups excluding carboxylic acids is 1. The molecule has 4 rings (SSSR count). The molecule has 0 spiro atoms. The van der Waals surface area contributed by atoms with Gasteiger partial charge in [0.25, 0.3) is 5.91 Å². The van der Waals surface area contributed by atoms with E-state index in [0.717, 1.165) is 38.9 Å². The van der Waals surface area contributed by atoms with Crippen molar-refractivity contribution < 1.29 is 9.53 Å². The number of H-pyrrole nitrogens is 1. The van der Waals surface area contributed by atoms with Gasteiger partial charge in [-0.15, -0.1) is 0 Å². The molecule has 1 heterocycles. The Hall–Kier alpha value is -3.53. The summed E-state index contributed by atoms with van der Waals surface area (Å²) in [5.74, 6) is 0.720. The molecule has 0 aliphatic rings. The van der Waals surface area contributed by atoms with Crippen molar-refractivity contribution >= 4 is 16.8 Å². The highest BCUT2D eigenvalue weighted by Crippen LogP contribution is 2.34. The minimum atomic E-state index is -0.202. The average Bonchev–Trinajstić information content (AvgIpc) is 3.22. The largest absolute Gasteiger partial charge is 0.483 e. The molecule has 164 valence electrons. The predicted molar refractivity (Wildman–Crippen MR) is 130 cm³/mol. The maximum Gasteiger partial charge on any atom is 0.261 e. The first-order chi connectivity index (χ1) is 15.5. The summed E-state index contributed by atoms with van der Waals surface area (Å²) in [5.41, 5.74) is 6.65. The van der Waals surface area contributed by atoms with Crippen LogP contribution in [-0.4, -0.2) is 28.9 Å². The molecule has 3 aromatic carbocycles. The molecule has 4 nitrogen and oxygen atoms in total. The summed E-state index contributed by atoms with van der Waals surface area (Å²) in [6, 6.07) is 22.4. The molecule has 0 unspecified atom stereocenters. The van der Waals surface area contributed by atoms with E-state index in [1.54, 1.807) is 0 Å². The number of aromatic amines is 1. The van der Waals surface area contributed by atoms with Gasteiger partial charge in [0.15, 0.2) is 6.61 Å². The van der Waals surface area contributed by atoms with Gasteiger partial charge in [0.2, 0.25) is 0 Å². The number of carbonyl (C=O) groups is 1. The number of para-hydroxylation sites is 1. The Labute approximate surface area is 189 Å². The third-order valence-corrected chi connectivity index (χ3v) is 6.19. The fourth-order valence-electron chi connectivity index (χ4n) is 4.20. The van der Waals surface area contributed by atoms with Crippen molar-refractivity contribution in [2.45, 2.75) is 33.7 Å². The van der Waals surface area contributed by atoms with Crippen LogP contribution in [0.1, 0.15) is 40.8 Å². The summed E-state index contributed by atoms with van der Waals surface area (Å²) in [5, 5.41) is 1.12. The van der Waals surface area contributed by atoms with E-state index in [2.05, 4.69) is 48.3 Å². The Balaban J connectivity index is 1.69. The van der Waals surface area contributed by atoms with Gasteiger partial charge >= 0.3 is 0 Å². The normalized spacial score (nSPS) is 12.0. The molecule has 1 atom stereocenters. The van der Waals surface area contributed by atoms with Crippen LogP contribution in [0.2, 0.25) is 0 Å². The first kappa shape index (κ1) is 21.7. The average molecular weight is 427 g/mol. The Morgan fingerprint density at radius 2 is 1.72 bits per heavy atom. The van der Waals surface area contributed by atoms with E-state index in [1.165, 1.54) is 5.56 Å². The van der Waals surface area contributed by atoms with Crippen LogP contribution in [-0.2, 0) is 4.79 Å². The van der Waals surface area contributed by atoms with E-state index in [4.69, 9.17) is 4.74 Å². The van der Waals surface area contributed by atoms with Crippen molar-refractivity contribution in [3.63, 3.8) is 0 Å². The number of nitrogens with zero attached hydrogens (tertiary/aromatic N) is 1. The van der Waals surface area contributed by atoms with Gasteiger partial charge in [-0.3, -0.25) is 4.79 Å². The van der Waals surface area contributed by atoms with E-state index >= 15 is 0 Å². The van der Waals surface area contributed by atoms with Gasteiger partial charge in [0, 0.05) is 29.2 Å². The quantitative estimate of drug-likeness (QED) is 0.387. The molecular weight excluding hydrogens is 396 g/mol. The lowest BCUT2D eigenvalue weighted by Gasteiger charge is -2.31. The second-order valence-electron chi connectivity index (χ2n) is 8.27. The zero-order valence-electron chi connectivity index (χ0n) is 19.2. The molecule has 1 aromatic heterocycles. The highest BCUT2D eigenvalue weighted by molar-refractivity contribution is 5.86. The van der Waals surface area contributed by atoms with Crippen LogP contribution in [0.25, 0.3) is 10.9 Å². The number of rotatable bonds is 7. The van der Waals surface area contributed by atoms with Gasteiger partial charge in [-0.25, -0.2) is 0 Å². The van der Waals surface area contributed by atoms with Crippen LogP contribution < -0.4 is 4.74 Å². The zero-order chi connectivity index (χ0) is 22.7. The van der Waals surface area contributed by atoms with Gasteiger partial charge in [0.05, 0.1) is 6.04 Å². The fourth-order valence-corrected chi connectivity index (χ4v) is 4.20. The summed E-state index contributed by atoms with van der Waals surface area (Å²) in [7, 11) is 0. The van der Waals surface area contributed by atoms with E-state index in [0.29, 0.717) is 6.54 Å². The highest BCUT2D eigenvalue weighted by atomic mass is 16.5. The highest BCUT2D eigenvalue weighted by Gasteiger charge is 2.28. The standard InChI is InChI=1S/C28H30N2O2/c1-5-30(27(31)18-32-26-12-8-9-20(3)21(26)4)28(22-15-13-19(2)14-16-22)24-17-29-25-11-7-6-10-23(24)25/h6-17,28-29H,5,18H2,1-4H3/t28-/m1/s1. The molecular formula is C28H30N2O2. The molecule has 0 fully saturated rings. The molecule has 0 saturated carbocycles. The number of hydrogen-bond donors (Lipinski definition) is 1. The Morgan fingerprint density at radius 3 is 2.47 bits per heavy atom. The lowest BCUT2D eigenvalue weighted by molar-refractivity contribution is -0.134. The number of benzene rings is 3. The second kappa shape index (κ2) is 9.31. The molecule has 0 aliphatic carbocycles. The summed E-state index contributed by atoms with van der Waals surface area (Å²) >= 11 is 0. The van der Waals surface area contributed by atoms with E-state index in [9.17, 15) is 4.79 Å². The SMILES string of the molecule is CCN(C(=O)COc1cccc(C)c1C)[C@H](c1ccc(C)cc1)c1c[nH]c2ccccc12. The van der Waals surface area contributed by atoms with Gasteiger partial charge in [-0.05, 0) is 56.5 Å². The van der Waals surface area contributed by atoms with Crippen molar-refractivity contribution in [1.29, 1.82) is 0 Å². The number of nitrogens with one attached hydrogen (secondary N) is 1. The van der Waals surface area contributed by atoms with Crippen molar-refractivity contribution in [2.24, 2.45) is 0 Å². The minimum Gasteiger partial charge on any atom is -0.483 e. The number of likely N-dealkylation sites (N-methyl/N-ethyl adjacent to an activating group) is 1. The van der Waals surface area contributed by atoms with Crippen LogP contribution >= 0.6 is 0 Å². The first-order valence-corrected chi connectivity index (χ1v) is 11.1. The fraction of sp³-hybridized carbons (Fsp3) is 0.250. The lowest BCUT2D eigenvalue weighted by atomic mass is 9.95. The van der Waals surface area contributed by atoms with Gasteiger partial charge in [0.1, 0.15) is 5.75 Å². The summed E-state index contributed by atoms with van der Waals surface area (Å²) in [4.78, 5) is 18.7. The van der Waals surface area contributed by atoms with Crippen LogP contribution in [0.15, 0.2) is 72.9 Å².